The van der Waals surface area contributed by atoms with Gasteiger partial charge < -0.3 is 10.0 Å². The molecule has 0 radical (unpaired) electrons. The first-order valence-corrected chi connectivity index (χ1v) is 9.27. The summed E-state index contributed by atoms with van der Waals surface area (Å²) in [4.78, 5) is 16.7. The molecule has 0 bridgehead atoms. The van der Waals surface area contributed by atoms with Gasteiger partial charge in [0.15, 0.2) is 0 Å². The van der Waals surface area contributed by atoms with Crippen LogP contribution in [-0.2, 0) is 11.8 Å². The van der Waals surface area contributed by atoms with Crippen LogP contribution >= 0.6 is 0 Å². The predicted octanol–water partition coefficient (Wildman–Crippen LogP) is 1.50. The molecule has 1 N–H and O–H groups in total. The highest BCUT2D eigenvalue weighted by Gasteiger charge is 2.41. The van der Waals surface area contributed by atoms with Crippen molar-refractivity contribution >= 4 is 12.0 Å². The molecule has 1 aromatic heterocycles. The number of likely N-dealkylation sites (N-methyl/N-ethyl adjacent to an activating group) is 1. The zero-order valence-corrected chi connectivity index (χ0v) is 15.8. The summed E-state index contributed by atoms with van der Waals surface area (Å²) in [5.41, 5.74) is 2.95. The van der Waals surface area contributed by atoms with E-state index in [1.165, 1.54) is 12.8 Å². The maximum absolute atomic E-state index is 12.6. The van der Waals surface area contributed by atoms with Crippen LogP contribution in [-0.4, -0.2) is 68.9 Å². The van der Waals surface area contributed by atoms with Crippen molar-refractivity contribution in [2.75, 3.05) is 20.1 Å². The number of hydrogen-bond donors (Lipinski definition) is 1. The van der Waals surface area contributed by atoms with Crippen molar-refractivity contribution in [1.82, 2.24) is 19.6 Å². The zero-order valence-electron chi connectivity index (χ0n) is 15.8. The number of carbonyl (C=O) groups is 1. The van der Waals surface area contributed by atoms with Crippen LogP contribution in [0.4, 0.5) is 0 Å². The van der Waals surface area contributed by atoms with E-state index in [-0.39, 0.29) is 18.0 Å². The van der Waals surface area contributed by atoms with Gasteiger partial charge in [-0.1, -0.05) is 0 Å². The van der Waals surface area contributed by atoms with Crippen molar-refractivity contribution in [2.45, 2.75) is 57.7 Å². The standard InChI is InChI=1S/C19H30N4O2/c1-13-15(14(2)22(4)20-13)7-10-18(24)21(3)16-8-9-17(19(16)25)23-11-5-6-12-23/h7,10,16-17,19,25H,5-6,8-9,11-12H2,1-4H3/b10-7+/t16-,17-,19-/m1/s1. The van der Waals surface area contributed by atoms with Gasteiger partial charge in [0.05, 0.1) is 17.8 Å². The quantitative estimate of drug-likeness (QED) is 0.839. The van der Waals surface area contributed by atoms with Gasteiger partial charge in [-0.15, -0.1) is 0 Å². The van der Waals surface area contributed by atoms with Gasteiger partial charge >= 0.3 is 0 Å². The molecule has 1 saturated carbocycles. The van der Waals surface area contributed by atoms with Gasteiger partial charge in [0.2, 0.25) is 5.91 Å². The summed E-state index contributed by atoms with van der Waals surface area (Å²) in [6, 6.07) is 0.105. The lowest BCUT2D eigenvalue weighted by Gasteiger charge is -2.31. The van der Waals surface area contributed by atoms with Crippen LogP contribution < -0.4 is 0 Å². The average molecular weight is 346 g/mol. The van der Waals surface area contributed by atoms with E-state index in [9.17, 15) is 9.90 Å². The van der Waals surface area contributed by atoms with Crippen molar-refractivity contribution in [3.8, 4) is 0 Å². The minimum atomic E-state index is -0.456. The normalized spacial score (nSPS) is 27.5. The Morgan fingerprint density at radius 1 is 1.28 bits per heavy atom. The van der Waals surface area contributed by atoms with E-state index in [0.29, 0.717) is 0 Å². The van der Waals surface area contributed by atoms with Crippen LogP contribution in [0.5, 0.6) is 0 Å². The third-order valence-electron chi connectivity index (χ3n) is 5.96. The largest absolute Gasteiger partial charge is 0.389 e. The molecule has 2 aliphatic rings. The molecule has 2 fully saturated rings. The fourth-order valence-corrected chi connectivity index (χ4v) is 4.30. The molecular weight excluding hydrogens is 316 g/mol. The molecule has 1 aromatic rings. The Morgan fingerprint density at radius 3 is 2.56 bits per heavy atom. The summed E-state index contributed by atoms with van der Waals surface area (Å²) in [6.07, 6.45) is 7.26. The number of rotatable bonds is 4. The summed E-state index contributed by atoms with van der Waals surface area (Å²) in [7, 11) is 3.71. The Labute approximate surface area is 150 Å². The van der Waals surface area contributed by atoms with Gasteiger partial charge in [-0.3, -0.25) is 14.4 Å². The van der Waals surface area contributed by atoms with Crippen LogP contribution in [0.1, 0.15) is 42.6 Å². The highest BCUT2D eigenvalue weighted by Crippen LogP contribution is 2.30. The third kappa shape index (κ3) is 3.51. The summed E-state index contributed by atoms with van der Waals surface area (Å²) in [5, 5.41) is 15.1. The Morgan fingerprint density at radius 2 is 1.96 bits per heavy atom. The fraction of sp³-hybridized carbons (Fsp3) is 0.684. The van der Waals surface area contributed by atoms with Crippen LogP contribution in [0.3, 0.4) is 0 Å². The average Bonchev–Trinajstić information content (AvgIpc) is 3.27. The summed E-state index contributed by atoms with van der Waals surface area (Å²) < 4.78 is 1.82. The van der Waals surface area contributed by atoms with E-state index in [1.807, 2.05) is 31.7 Å². The van der Waals surface area contributed by atoms with Crippen molar-refractivity contribution in [3.05, 3.63) is 23.0 Å². The molecule has 0 unspecified atom stereocenters. The van der Waals surface area contributed by atoms with Gasteiger partial charge in [0, 0.05) is 37.5 Å². The van der Waals surface area contributed by atoms with Crippen LogP contribution in [0.15, 0.2) is 6.08 Å². The Kier molecular flexibility index (Phi) is 5.29. The van der Waals surface area contributed by atoms with Crippen LogP contribution in [0.2, 0.25) is 0 Å². The molecule has 2 heterocycles. The van der Waals surface area contributed by atoms with Crippen molar-refractivity contribution in [2.24, 2.45) is 7.05 Å². The number of aliphatic hydroxyl groups excluding tert-OH is 1. The van der Waals surface area contributed by atoms with Crippen LogP contribution in [0, 0.1) is 13.8 Å². The molecule has 1 amide bonds. The first-order chi connectivity index (χ1) is 11.9. The lowest BCUT2D eigenvalue weighted by atomic mass is 10.1. The lowest BCUT2D eigenvalue weighted by Crippen LogP contribution is -2.48. The Hall–Kier alpha value is -1.66. The van der Waals surface area contributed by atoms with Gasteiger partial charge in [-0.25, -0.2) is 0 Å². The summed E-state index contributed by atoms with van der Waals surface area (Å²) >= 11 is 0. The zero-order chi connectivity index (χ0) is 18.1. The predicted molar refractivity (Wildman–Crippen MR) is 98.1 cm³/mol. The first-order valence-electron chi connectivity index (χ1n) is 9.27. The number of aromatic nitrogens is 2. The lowest BCUT2D eigenvalue weighted by molar-refractivity contribution is -0.128. The van der Waals surface area contributed by atoms with Gasteiger partial charge in [0.25, 0.3) is 0 Å². The van der Waals surface area contributed by atoms with Crippen LogP contribution in [0.25, 0.3) is 6.08 Å². The minimum Gasteiger partial charge on any atom is -0.389 e. The van der Waals surface area contributed by atoms with E-state index >= 15 is 0 Å². The summed E-state index contributed by atoms with van der Waals surface area (Å²) in [5.74, 6) is -0.0613. The first kappa shape index (κ1) is 18.1. The maximum Gasteiger partial charge on any atom is 0.246 e. The molecule has 1 saturated heterocycles. The Bertz CT molecular complexity index is 661. The molecular formula is C19H30N4O2. The Balaban J connectivity index is 1.65. The molecule has 25 heavy (non-hydrogen) atoms. The van der Waals surface area contributed by atoms with Crippen molar-refractivity contribution < 1.29 is 9.90 Å². The molecule has 3 rings (SSSR count). The number of nitrogens with zero attached hydrogens (tertiary/aromatic N) is 4. The SMILES string of the molecule is Cc1nn(C)c(C)c1/C=C/C(=O)N(C)[C@@H]1CC[C@@H](N2CCCC2)[C@@H]1O. The monoisotopic (exact) mass is 346 g/mol. The van der Waals surface area contributed by atoms with Gasteiger partial charge in [-0.2, -0.15) is 5.10 Å². The molecule has 138 valence electrons. The highest BCUT2D eigenvalue weighted by molar-refractivity contribution is 5.92. The van der Waals surface area contributed by atoms with Gasteiger partial charge in [0.1, 0.15) is 0 Å². The number of likely N-dealkylation sites (tertiary alicyclic amines) is 1. The van der Waals surface area contributed by atoms with E-state index in [4.69, 9.17) is 0 Å². The smallest absolute Gasteiger partial charge is 0.246 e. The van der Waals surface area contributed by atoms with Gasteiger partial charge in [-0.05, 0) is 58.7 Å². The molecule has 6 heteroatoms. The molecule has 0 aromatic carbocycles. The highest BCUT2D eigenvalue weighted by atomic mass is 16.3. The second-order valence-electron chi connectivity index (χ2n) is 7.44. The number of aryl methyl sites for hydroxylation is 2. The maximum atomic E-state index is 12.6. The molecule has 6 nitrogen and oxygen atoms in total. The van der Waals surface area contributed by atoms with E-state index in [2.05, 4.69) is 10.00 Å². The molecule has 1 aliphatic carbocycles. The number of aliphatic hydroxyl groups is 1. The van der Waals surface area contributed by atoms with E-state index in [1.54, 1.807) is 18.0 Å². The molecule has 3 atom stereocenters. The second kappa shape index (κ2) is 7.30. The van der Waals surface area contributed by atoms with E-state index < -0.39 is 6.10 Å². The fourth-order valence-electron chi connectivity index (χ4n) is 4.30. The van der Waals surface area contributed by atoms with Crippen molar-refractivity contribution in [3.63, 3.8) is 0 Å². The molecule has 1 aliphatic heterocycles. The molecule has 0 spiro atoms. The minimum absolute atomic E-state index is 0.0613. The van der Waals surface area contributed by atoms with E-state index in [0.717, 1.165) is 42.9 Å². The second-order valence-corrected chi connectivity index (χ2v) is 7.44. The number of carbonyl (C=O) groups excluding carboxylic acids is 1. The third-order valence-corrected chi connectivity index (χ3v) is 5.96. The van der Waals surface area contributed by atoms with Crippen molar-refractivity contribution in [1.29, 1.82) is 0 Å². The summed E-state index contributed by atoms with van der Waals surface area (Å²) in [6.45, 7) is 6.09. The number of amides is 1. The number of hydrogen-bond acceptors (Lipinski definition) is 4. The topological polar surface area (TPSA) is 61.6 Å².